The number of amides is 1. The van der Waals surface area contributed by atoms with Gasteiger partial charge in [0.1, 0.15) is 5.82 Å². The number of hydrogen-bond acceptors (Lipinski definition) is 6. The van der Waals surface area contributed by atoms with Crippen LogP contribution in [0.5, 0.6) is 0 Å². The molecule has 0 aliphatic carbocycles. The number of anilines is 2. The van der Waals surface area contributed by atoms with Gasteiger partial charge in [0.05, 0.1) is 11.9 Å². The van der Waals surface area contributed by atoms with Gasteiger partial charge >= 0.3 is 0 Å². The zero-order valence-corrected chi connectivity index (χ0v) is 14.6. The zero-order valence-electron chi connectivity index (χ0n) is 14.6. The third kappa shape index (κ3) is 4.77. The molecular weight excluding hydrogens is 316 g/mol. The number of aromatic nitrogens is 1. The lowest BCUT2D eigenvalue weighted by molar-refractivity contribution is -0.116. The highest BCUT2D eigenvalue weighted by Gasteiger charge is 2.39. The number of pyridine rings is 1. The standard InChI is InChI=1S/C18H24N6O/c1-3-4-8-18(21-22-18)9-7-17(25)20-15-5-6-16(19-14-15)24-12-10-23(2)11-13-24/h1,5-6,14H,4,7-13H2,2H3,(H,20,25). The fraction of sp³-hybridized carbons (Fsp3) is 0.556. The van der Waals surface area contributed by atoms with Gasteiger partial charge in [-0.2, -0.15) is 10.2 Å². The second-order valence-electron chi connectivity index (χ2n) is 6.63. The average molecular weight is 340 g/mol. The highest BCUT2D eigenvalue weighted by atomic mass is 16.1. The Kier molecular flexibility index (Phi) is 5.29. The number of hydrogen-bond donors (Lipinski definition) is 1. The molecule has 3 heterocycles. The van der Waals surface area contributed by atoms with E-state index < -0.39 is 5.66 Å². The number of nitrogens with one attached hydrogen (secondary N) is 1. The molecule has 1 N–H and O–H groups in total. The summed E-state index contributed by atoms with van der Waals surface area (Å²) < 4.78 is 0. The molecule has 1 aromatic rings. The fourth-order valence-corrected chi connectivity index (χ4v) is 2.89. The quantitative estimate of drug-likeness (QED) is 0.772. The summed E-state index contributed by atoms with van der Waals surface area (Å²) in [6.45, 7) is 4.03. The molecule has 2 aliphatic rings. The van der Waals surface area contributed by atoms with Crippen LogP contribution in [0.25, 0.3) is 0 Å². The van der Waals surface area contributed by atoms with Crippen LogP contribution in [0, 0.1) is 12.3 Å². The molecule has 3 rings (SSSR count). The molecule has 0 spiro atoms. The van der Waals surface area contributed by atoms with Gasteiger partial charge in [0.15, 0.2) is 5.66 Å². The molecule has 0 aromatic carbocycles. The number of terminal acetylenes is 1. The van der Waals surface area contributed by atoms with E-state index in [1.807, 2.05) is 12.1 Å². The molecule has 25 heavy (non-hydrogen) atoms. The Hall–Kier alpha value is -2.46. The van der Waals surface area contributed by atoms with Crippen LogP contribution in [-0.4, -0.2) is 54.7 Å². The number of carbonyl (C=O) groups excluding carboxylic acids is 1. The Labute approximate surface area is 148 Å². The van der Waals surface area contributed by atoms with Crippen LogP contribution in [0.3, 0.4) is 0 Å². The predicted molar refractivity (Wildman–Crippen MR) is 97.5 cm³/mol. The first kappa shape index (κ1) is 17.4. The SMILES string of the molecule is C#CCCC1(CCC(=O)Nc2ccc(N3CCN(C)CC3)nc2)N=N1. The summed E-state index contributed by atoms with van der Waals surface area (Å²) in [6.07, 6.45) is 9.31. The van der Waals surface area contributed by atoms with E-state index >= 15 is 0 Å². The summed E-state index contributed by atoms with van der Waals surface area (Å²) >= 11 is 0. The first-order chi connectivity index (χ1) is 12.1. The molecule has 1 saturated heterocycles. The van der Waals surface area contributed by atoms with Gasteiger partial charge in [0.2, 0.25) is 5.91 Å². The molecule has 0 saturated carbocycles. The van der Waals surface area contributed by atoms with Crippen molar-refractivity contribution >= 4 is 17.4 Å². The van der Waals surface area contributed by atoms with Crippen LogP contribution in [0.4, 0.5) is 11.5 Å². The average Bonchev–Trinajstić information content (AvgIpc) is 3.40. The van der Waals surface area contributed by atoms with Crippen molar-refractivity contribution in [3.8, 4) is 12.3 Å². The zero-order chi connectivity index (χ0) is 17.7. The summed E-state index contributed by atoms with van der Waals surface area (Å²) in [7, 11) is 2.13. The molecule has 132 valence electrons. The van der Waals surface area contributed by atoms with Crippen LogP contribution in [0.1, 0.15) is 25.7 Å². The molecule has 7 heteroatoms. The molecule has 7 nitrogen and oxygen atoms in total. The van der Waals surface area contributed by atoms with Crippen LogP contribution >= 0.6 is 0 Å². The Morgan fingerprint density at radius 1 is 1.28 bits per heavy atom. The van der Waals surface area contributed by atoms with Crippen molar-refractivity contribution in [1.29, 1.82) is 0 Å². The van der Waals surface area contributed by atoms with Crippen LogP contribution in [0.15, 0.2) is 28.6 Å². The van der Waals surface area contributed by atoms with E-state index in [-0.39, 0.29) is 5.91 Å². The largest absolute Gasteiger partial charge is 0.354 e. The van der Waals surface area contributed by atoms with Crippen LogP contribution in [0.2, 0.25) is 0 Å². The van der Waals surface area contributed by atoms with Crippen molar-refractivity contribution in [3.63, 3.8) is 0 Å². The van der Waals surface area contributed by atoms with E-state index in [0.717, 1.165) is 38.4 Å². The molecule has 0 bridgehead atoms. The van der Waals surface area contributed by atoms with Crippen molar-refractivity contribution in [2.45, 2.75) is 31.3 Å². The summed E-state index contributed by atoms with van der Waals surface area (Å²) in [6, 6.07) is 3.86. The van der Waals surface area contributed by atoms with E-state index in [1.165, 1.54) is 0 Å². The van der Waals surface area contributed by atoms with Gasteiger partial charge < -0.3 is 15.1 Å². The van der Waals surface area contributed by atoms with Gasteiger partial charge in [-0.1, -0.05) is 0 Å². The second-order valence-corrected chi connectivity index (χ2v) is 6.63. The predicted octanol–water partition coefficient (Wildman–Crippen LogP) is 2.13. The van der Waals surface area contributed by atoms with Crippen molar-refractivity contribution < 1.29 is 4.79 Å². The Morgan fingerprint density at radius 3 is 2.64 bits per heavy atom. The topological polar surface area (TPSA) is 73.2 Å². The van der Waals surface area contributed by atoms with Crippen molar-refractivity contribution in [2.24, 2.45) is 10.2 Å². The first-order valence-corrected chi connectivity index (χ1v) is 8.67. The fourth-order valence-electron chi connectivity index (χ4n) is 2.89. The normalized spacial score (nSPS) is 18.6. The molecule has 0 unspecified atom stereocenters. The third-order valence-electron chi connectivity index (χ3n) is 4.66. The molecule has 0 radical (unpaired) electrons. The van der Waals surface area contributed by atoms with Gasteiger partial charge in [0, 0.05) is 51.9 Å². The highest BCUT2D eigenvalue weighted by Crippen LogP contribution is 2.37. The van der Waals surface area contributed by atoms with Crippen molar-refractivity contribution in [1.82, 2.24) is 9.88 Å². The van der Waals surface area contributed by atoms with E-state index in [9.17, 15) is 4.79 Å². The number of carbonyl (C=O) groups is 1. The smallest absolute Gasteiger partial charge is 0.224 e. The Bertz CT molecular complexity index is 664. The Balaban J connectivity index is 1.45. The van der Waals surface area contributed by atoms with Crippen molar-refractivity contribution in [2.75, 3.05) is 43.4 Å². The maximum Gasteiger partial charge on any atom is 0.224 e. The van der Waals surface area contributed by atoms with E-state index in [4.69, 9.17) is 6.42 Å². The van der Waals surface area contributed by atoms with Crippen molar-refractivity contribution in [3.05, 3.63) is 18.3 Å². The summed E-state index contributed by atoms with van der Waals surface area (Å²) in [5.74, 6) is 3.49. The summed E-state index contributed by atoms with van der Waals surface area (Å²) in [5, 5.41) is 11.0. The van der Waals surface area contributed by atoms with Gasteiger partial charge in [-0.05, 0) is 19.2 Å². The second kappa shape index (κ2) is 7.62. The Morgan fingerprint density at radius 2 is 2.04 bits per heavy atom. The maximum absolute atomic E-state index is 12.1. The van der Waals surface area contributed by atoms with E-state index in [2.05, 4.69) is 43.3 Å². The van der Waals surface area contributed by atoms with Gasteiger partial charge in [-0.15, -0.1) is 12.3 Å². The molecule has 1 fully saturated rings. The molecule has 1 amide bonds. The summed E-state index contributed by atoms with van der Waals surface area (Å²) in [4.78, 5) is 21.1. The monoisotopic (exact) mass is 340 g/mol. The lowest BCUT2D eigenvalue weighted by atomic mass is 10.0. The minimum atomic E-state index is -0.409. The lowest BCUT2D eigenvalue weighted by Crippen LogP contribution is -2.44. The molecular formula is C18H24N6O. The molecule has 2 aliphatic heterocycles. The lowest BCUT2D eigenvalue weighted by Gasteiger charge is -2.33. The number of piperazine rings is 1. The van der Waals surface area contributed by atoms with Gasteiger partial charge in [-0.25, -0.2) is 4.98 Å². The number of likely N-dealkylation sites (N-methyl/N-ethyl adjacent to an activating group) is 1. The van der Waals surface area contributed by atoms with E-state index in [1.54, 1.807) is 6.20 Å². The highest BCUT2D eigenvalue weighted by molar-refractivity contribution is 5.90. The minimum Gasteiger partial charge on any atom is -0.354 e. The minimum absolute atomic E-state index is 0.0495. The van der Waals surface area contributed by atoms with Gasteiger partial charge in [0.25, 0.3) is 0 Å². The first-order valence-electron chi connectivity index (χ1n) is 8.67. The summed E-state index contributed by atoms with van der Waals surface area (Å²) in [5.41, 5.74) is 0.304. The molecule has 1 aromatic heterocycles. The number of rotatable bonds is 7. The van der Waals surface area contributed by atoms with E-state index in [0.29, 0.717) is 24.9 Å². The molecule has 0 atom stereocenters. The third-order valence-corrected chi connectivity index (χ3v) is 4.66. The van der Waals surface area contributed by atoms with Gasteiger partial charge in [-0.3, -0.25) is 4.79 Å². The van der Waals surface area contributed by atoms with Crippen LogP contribution in [-0.2, 0) is 4.79 Å². The van der Waals surface area contributed by atoms with Crippen LogP contribution < -0.4 is 10.2 Å². The number of nitrogens with zero attached hydrogens (tertiary/aromatic N) is 5. The maximum atomic E-state index is 12.1.